The van der Waals surface area contributed by atoms with E-state index >= 15 is 0 Å². The molecule has 1 aromatic carbocycles. The number of aliphatic carboxylic acids is 2. The maximum Gasteiger partial charge on any atom is 0.326 e. The van der Waals surface area contributed by atoms with E-state index in [1.807, 2.05) is 0 Å². The van der Waals surface area contributed by atoms with Crippen LogP contribution in [0.1, 0.15) is 37.7 Å². The van der Waals surface area contributed by atoms with Gasteiger partial charge in [0.2, 0.25) is 23.6 Å². The number of hydrogen-bond donors (Lipinski definition) is 8. The lowest BCUT2D eigenvalue weighted by molar-refractivity contribution is -0.143. The molecule has 0 aliphatic carbocycles. The average molecular weight is 570 g/mol. The van der Waals surface area contributed by atoms with Crippen LogP contribution < -0.4 is 27.4 Å². The number of nitrogens with two attached hydrogens (primary N) is 2. The predicted octanol–water partition coefficient (Wildman–Crippen LogP) is -1.32. The van der Waals surface area contributed by atoms with Gasteiger partial charge in [-0.05, 0) is 55.4 Å². The summed E-state index contributed by atoms with van der Waals surface area (Å²) in [5.41, 5.74) is 11.9. The van der Waals surface area contributed by atoms with Gasteiger partial charge in [0, 0.05) is 12.8 Å². The van der Waals surface area contributed by atoms with E-state index in [0.29, 0.717) is 11.3 Å². The standard InChI is InChI=1S/C24H35N5O9S/c1-39-11-10-17(27-21(34)15(25)12-13-2-4-14(30)5-3-13)23(36)28-16(6-8-19(26)31)22(35)29-18(24(37)38)7-9-20(32)33/h2-5,15-18,30H,6-12,25H2,1H3,(H2,26,31)(H,27,34)(H,28,36)(H,29,35)(H,32,33)(H,37,38). The molecule has 14 nitrogen and oxygen atoms in total. The highest BCUT2D eigenvalue weighted by Crippen LogP contribution is 2.11. The first-order chi connectivity index (χ1) is 18.3. The fourth-order valence-corrected chi connectivity index (χ4v) is 3.86. The van der Waals surface area contributed by atoms with Crippen LogP contribution in [-0.4, -0.2) is 87.1 Å². The number of carboxylic acids is 2. The molecule has 0 bridgehead atoms. The molecular weight excluding hydrogens is 534 g/mol. The summed E-state index contributed by atoms with van der Waals surface area (Å²) >= 11 is 1.41. The molecule has 0 spiro atoms. The van der Waals surface area contributed by atoms with Crippen molar-refractivity contribution in [1.82, 2.24) is 16.0 Å². The highest BCUT2D eigenvalue weighted by atomic mass is 32.2. The summed E-state index contributed by atoms with van der Waals surface area (Å²) in [5, 5.41) is 34.7. The lowest BCUT2D eigenvalue weighted by Gasteiger charge is -2.25. The number of carbonyl (C=O) groups is 6. The van der Waals surface area contributed by atoms with Crippen molar-refractivity contribution in [3.8, 4) is 5.75 Å². The first-order valence-corrected chi connectivity index (χ1v) is 13.4. The molecule has 1 rings (SSSR count). The Bertz CT molecular complexity index is 1020. The third-order valence-electron chi connectivity index (χ3n) is 5.55. The Morgan fingerprint density at radius 2 is 1.33 bits per heavy atom. The zero-order valence-corrected chi connectivity index (χ0v) is 22.2. The highest BCUT2D eigenvalue weighted by molar-refractivity contribution is 7.98. The topological polar surface area (TPSA) is 251 Å². The average Bonchev–Trinajstić information content (AvgIpc) is 2.87. The van der Waals surface area contributed by atoms with E-state index in [9.17, 15) is 39.0 Å². The lowest BCUT2D eigenvalue weighted by atomic mass is 10.0. The minimum Gasteiger partial charge on any atom is -0.508 e. The number of benzene rings is 1. The molecule has 0 aliphatic heterocycles. The Hall–Kier alpha value is -3.85. The van der Waals surface area contributed by atoms with Crippen molar-refractivity contribution >= 4 is 47.3 Å². The Kier molecular flexibility index (Phi) is 14.4. The number of phenols is 1. The van der Waals surface area contributed by atoms with Gasteiger partial charge in [0.25, 0.3) is 0 Å². The number of hydrogen-bond acceptors (Lipinski definition) is 9. The van der Waals surface area contributed by atoms with Crippen LogP contribution in [0.3, 0.4) is 0 Å². The van der Waals surface area contributed by atoms with Crippen LogP contribution in [0, 0.1) is 0 Å². The Labute approximate surface area is 229 Å². The van der Waals surface area contributed by atoms with E-state index in [0.717, 1.165) is 0 Å². The molecule has 39 heavy (non-hydrogen) atoms. The Morgan fingerprint density at radius 1 is 0.821 bits per heavy atom. The molecule has 0 fully saturated rings. The van der Waals surface area contributed by atoms with Crippen LogP contribution in [-0.2, 0) is 35.2 Å². The second-order valence-electron chi connectivity index (χ2n) is 8.72. The number of aromatic hydroxyl groups is 1. The minimum absolute atomic E-state index is 0.0528. The molecule has 216 valence electrons. The fourth-order valence-electron chi connectivity index (χ4n) is 3.39. The molecule has 4 amide bonds. The maximum absolute atomic E-state index is 13.1. The van der Waals surface area contributed by atoms with Crippen LogP contribution in [0.25, 0.3) is 0 Å². The smallest absolute Gasteiger partial charge is 0.326 e. The summed E-state index contributed by atoms with van der Waals surface area (Å²) < 4.78 is 0. The van der Waals surface area contributed by atoms with Gasteiger partial charge >= 0.3 is 11.9 Å². The van der Waals surface area contributed by atoms with E-state index in [-0.39, 0.29) is 31.4 Å². The van der Waals surface area contributed by atoms with Crippen molar-refractivity contribution in [1.29, 1.82) is 0 Å². The number of nitrogens with one attached hydrogen (secondary N) is 3. The van der Waals surface area contributed by atoms with Crippen LogP contribution in [0.5, 0.6) is 5.75 Å². The molecule has 0 saturated heterocycles. The van der Waals surface area contributed by atoms with Gasteiger partial charge in [-0.2, -0.15) is 11.8 Å². The first-order valence-electron chi connectivity index (χ1n) is 12.0. The Morgan fingerprint density at radius 3 is 1.85 bits per heavy atom. The van der Waals surface area contributed by atoms with Gasteiger partial charge in [-0.3, -0.25) is 24.0 Å². The molecule has 10 N–H and O–H groups in total. The van der Waals surface area contributed by atoms with Crippen molar-refractivity contribution in [2.45, 2.75) is 62.7 Å². The SMILES string of the molecule is CSCCC(NC(=O)C(N)Cc1ccc(O)cc1)C(=O)NC(CCC(N)=O)C(=O)NC(CCC(=O)O)C(=O)O. The van der Waals surface area contributed by atoms with Gasteiger partial charge in [-0.1, -0.05) is 12.1 Å². The van der Waals surface area contributed by atoms with Gasteiger partial charge in [0.15, 0.2) is 0 Å². The highest BCUT2D eigenvalue weighted by Gasteiger charge is 2.30. The van der Waals surface area contributed by atoms with Crippen molar-refractivity contribution in [3.63, 3.8) is 0 Å². The van der Waals surface area contributed by atoms with E-state index in [1.165, 1.54) is 23.9 Å². The number of carboxylic acid groups (broad SMARTS) is 2. The summed E-state index contributed by atoms with van der Waals surface area (Å²) in [6, 6.07) is 1.01. The van der Waals surface area contributed by atoms with Gasteiger partial charge in [0.05, 0.1) is 6.04 Å². The molecule has 0 heterocycles. The number of phenolic OH excluding ortho intramolecular Hbond substituents is 1. The summed E-state index contributed by atoms with van der Waals surface area (Å²) in [7, 11) is 0. The van der Waals surface area contributed by atoms with Crippen LogP contribution >= 0.6 is 11.8 Å². The summed E-state index contributed by atoms with van der Waals surface area (Å²) in [6.07, 6.45) is 0.581. The summed E-state index contributed by atoms with van der Waals surface area (Å²) in [5.74, 6) is -5.35. The second-order valence-corrected chi connectivity index (χ2v) is 9.70. The normalized spacial score (nSPS) is 13.8. The van der Waals surface area contributed by atoms with Gasteiger partial charge in [0.1, 0.15) is 23.9 Å². The van der Waals surface area contributed by atoms with E-state index in [4.69, 9.17) is 16.6 Å². The predicted molar refractivity (Wildman–Crippen MR) is 142 cm³/mol. The van der Waals surface area contributed by atoms with Crippen molar-refractivity contribution in [2.24, 2.45) is 11.5 Å². The minimum atomic E-state index is -1.55. The molecule has 4 atom stereocenters. The number of carbonyl (C=O) groups excluding carboxylic acids is 4. The summed E-state index contributed by atoms with van der Waals surface area (Å²) in [4.78, 5) is 72.3. The van der Waals surface area contributed by atoms with Crippen LogP contribution in [0.15, 0.2) is 24.3 Å². The largest absolute Gasteiger partial charge is 0.508 e. The van der Waals surface area contributed by atoms with Crippen LogP contribution in [0.4, 0.5) is 0 Å². The first kappa shape index (κ1) is 33.2. The van der Waals surface area contributed by atoms with Crippen molar-refractivity contribution < 1.29 is 44.1 Å². The zero-order chi connectivity index (χ0) is 29.5. The molecule has 0 saturated carbocycles. The zero-order valence-electron chi connectivity index (χ0n) is 21.4. The number of rotatable bonds is 18. The third-order valence-corrected chi connectivity index (χ3v) is 6.19. The lowest BCUT2D eigenvalue weighted by Crippen LogP contribution is -2.57. The molecular formula is C24H35N5O9S. The fraction of sp³-hybridized carbons (Fsp3) is 0.500. The van der Waals surface area contributed by atoms with E-state index in [1.54, 1.807) is 18.4 Å². The monoisotopic (exact) mass is 569 g/mol. The van der Waals surface area contributed by atoms with Crippen molar-refractivity contribution in [2.75, 3.05) is 12.0 Å². The summed E-state index contributed by atoms with van der Waals surface area (Å²) in [6.45, 7) is 0. The number of primary amides is 1. The number of thioether (sulfide) groups is 1. The maximum atomic E-state index is 13.1. The molecule has 0 radical (unpaired) electrons. The Balaban J connectivity index is 2.98. The van der Waals surface area contributed by atoms with Crippen LogP contribution in [0.2, 0.25) is 0 Å². The van der Waals surface area contributed by atoms with Gasteiger partial charge in [-0.25, -0.2) is 4.79 Å². The molecule has 4 unspecified atom stereocenters. The molecule has 0 aliphatic rings. The van der Waals surface area contributed by atoms with E-state index in [2.05, 4.69) is 16.0 Å². The van der Waals surface area contributed by atoms with Gasteiger partial charge < -0.3 is 42.7 Å². The van der Waals surface area contributed by atoms with Crippen molar-refractivity contribution in [3.05, 3.63) is 29.8 Å². The number of amides is 4. The molecule has 15 heteroatoms. The van der Waals surface area contributed by atoms with E-state index < -0.39 is 72.6 Å². The quantitative estimate of drug-likeness (QED) is 0.103. The van der Waals surface area contributed by atoms with Gasteiger partial charge in [-0.15, -0.1) is 0 Å². The molecule has 0 aromatic heterocycles. The third kappa shape index (κ3) is 13.0. The molecule has 1 aromatic rings. The second kappa shape index (κ2) is 16.9.